The van der Waals surface area contributed by atoms with Crippen molar-refractivity contribution in [3.05, 3.63) is 30.5 Å². The van der Waals surface area contributed by atoms with Crippen molar-refractivity contribution in [3.63, 3.8) is 0 Å². The Kier molecular flexibility index (Phi) is 2.75. The van der Waals surface area contributed by atoms with Crippen molar-refractivity contribution >= 4 is 10.0 Å². The van der Waals surface area contributed by atoms with Crippen molar-refractivity contribution in [2.45, 2.75) is 11.6 Å². The first-order chi connectivity index (χ1) is 7.58. The lowest BCUT2D eigenvalue weighted by molar-refractivity contribution is 0.577. The summed E-state index contributed by atoms with van der Waals surface area (Å²) < 4.78 is 27.4. The summed E-state index contributed by atoms with van der Waals surface area (Å²) in [5, 5.41) is 6.39. The van der Waals surface area contributed by atoms with Gasteiger partial charge in [-0.1, -0.05) is 0 Å². The Morgan fingerprint density at radius 2 is 2.38 bits per heavy atom. The minimum atomic E-state index is -3.55. The number of rotatable bonds is 4. The maximum atomic E-state index is 11.7. The Morgan fingerprint density at radius 1 is 1.56 bits per heavy atom. The number of imidazole rings is 1. The standard InChI is InChI=1S/C8H11N5O2S/c1-13-5-8(9-6-13)16(14,15)11-4-7-2-3-10-12-7/h2-3,5-6,11H,4H2,1H3,(H,10,12). The van der Waals surface area contributed by atoms with E-state index in [0.29, 0.717) is 5.69 Å². The molecular weight excluding hydrogens is 230 g/mol. The summed E-state index contributed by atoms with van der Waals surface area (Å²) in [6.07, 6.45) is 4.43. The molecule has 7 nitrogen and oxygen atoms in total. The Bertz CT molecular complexity index is 557. The number of aromatic nitrogens is 4. The lowest BCUT2D eigenvalue weighted by atomic mass is 10.4. The Hall–Kier alpha value is -1.67. The summed E-state index contributed by atoms with van der Waals surface area (Å²) in [7, 11) is -1.84. The zero-order chi connectivity index (χ0) is 11.6. The number of aromatic amines is 1. The van der Waals surface area contributed by atoms with Crippen molar-refractivity contribution in [2.24, 2.45) is 7.05 Å². The predicted octanol–water partition coefficient (Wildman–Crippen LogP) is -0.378. The van der Waals surface area contributed by atoms with E-state index in [1.807, 2.05) is 0 Å². The molecule has 0 saturated heterocycles. The van der Waals surface area contributed by atoms with E-state index >= 15 is 0 Å². The average Bonchev–Trinajstić information content (AvgIpc) is 2.85. The lowest BCUT2D eigenvalue weighted by Gasteiger charge is -2.01. The van der Waals surface area contributed by atoms with Crippen LogP contribution in [-0.4, -0.2) is 28.2 Å². The highest BCUT2D eigenvalue weighted by molar-refractivity contribution is 7.89. The fourth-order valence-corrected chi connectivity index (χ4v) is 2.14. The smallest absolute Gasteiger partial charge is 0.259 e. The van der Waals surface area contributed by atoms with Crippen LogP contribution >= 0.6 is 0 Å². The highest BCUT2D eigenvalue weighted by Crippen LogP contribution is 2.04. The monoisotopic (exact) mass is 241 g/mol. The molecule has 0 unspecified atom stereocenters. The van der Waals surface area contributed by atoms with Crippen LogP contribution < -0.4 is 4.72 Å². The first kappa shape index (κ1) is 10.8. The van der Waals surface area contributed by atoms with Crippen LogP contribution in [0.5, 0.6) is 0 Å². The molecule has 0 bridgehead atoms. The lowest BCUT2D eigenvalue weighted by Crippen LogP contribution is -2.23. The van der Waals surface area contributed by atoms with Crippen LogP contribution in [0.4, 0.5) is 0 Å². The summed E-state index contributed by atoms with van der Waals surface area (Å²) in [5.41, 5.74) is 0.694. The molecule has 0 atom stereocenters. The van der Waals surface area contributed by atoms with Gasteiger partial charge >= 0.3 is 0 Å². The van der Waals surface area contributed by atoms with Crippen molar-refractivity contribution in [3.8, 4) is 0 Å². The van der Waals surface area contributed by atoms with E-state index in [4.69, 9.17) is 0 Å². The third-order valence-corrected chi connectivity index (χ3v) is 3.25. The van der Waals surface area contributed by atoms with E-state index in [-0.39, 0.29) is 11.6 Å². The molecule has 0 amide bonds. The molecule has 86 valence electrons. The van der Waals surface area contributed by atoms with Crippen LogP contribution in [0.1, 0.15) is 5.69 Å². The Labute approximate surface area is 92.6 Å². The number of sulfonamides is 1. The molecule has 2 heterocycles. The molecule has 0 aliphatic heterocycles. The first-order valence-corrected chi connectivity index (χ1v) is 6.02. The van der Waals surface area contributed by atoms with E-state index in [0.717, 1.165) is 0 Å². The zero-order valence-corrected chi connectivity index (χ0v) is 9.40. The molecule has 2 rings (SSSR count). The third-order valence-electron chi connectivity index (χ3n) is 1.97. The van der Waals surface area contributed by atoms with Gasteiger partial charge in [-0.15, -0.1) is 0 Å². The van der Waals surface area contributed by atoms with Crippen LogP contribution in [0.2, 0.25) is 0 Å². The highest BCUT2D eigenvalue weighted by atomic mass is 32.2. The molecule has 0 fully saturated rings. The fraction of sp³-hybridized carbons (Fsp3) is 0.250. The van der Waals surface area contributed by atoms with E-state index in [1.165, 1.54) is 12.5 Å². The largest absolute Gasteiger partial charge is 0.339 e. The maximum absolute atomic E-state index is 11.7. The molecule has 0 aliphatic carbocycles. The number of nitrogens with one attached hydrogen (secondary N) is 2. The minimum Gasteiger partial charge on any atom is -0.339 e. The molecule has 2 N–H and O–H groups in total. The van der Waals surface area contributed by atoms with Gasteiger partial charge in [-0.25, -0.2) is 18.1 Å². The predicted molar refractivity (Wildman–Crippen MR) is 55.8 cm³/mol. The van der Waals surface area contributed by atoms with E-state index in [9.17, 15) is 8.42 Å². The van der Waals surface area contributed by atoms with Crippen molar-refractivity contribution in [1.82, 2.24) is 24.5 Å². The highest BCUT2D eigenvalue weighted by Gasteiger charge is 2.16. The molecule has 0 saturated carbocycles. The van der Waals surface area contributed by atoms with Crippen molar-refractivity contribution < 1.29 is 8.42 Å². The summed E-state index contributed by atoms with van der Waals surface area (Å²) in [5.74, 6) is 0. The average molecular weight is 241 g/mol. The van der Waals surface area contributed by atoms with Crippen LogP contribution in [-0.2, 0) is 23.6 Å². The van der Waals surface area contributed by atoms with Crippen LogP contribution in [0.3, 0.4) is 0 Å². The van der Waals surface area contributed by atoms with Gasteiger partial charge in [0.2, 0.25) is 0 Å². The third kappa shape index (κ3) is 2.28. The van der Waals surface area contributed by atoms with Crippen LogP contribution in [0.15, 0.2) is 29.8 Å². The Morgan fingerprint density at radius 3 is 2.94 bits per heavy atom. The van der Waals surface area contributed by atoms with Gasteiger partial charge in [0.1, 0.15) is 0 Å². The number of aryl methyl sites for hydroxylation is 1. The van der Waals surface area contributed by atoms with Gasteiger partial charge in [-0.2, -0.15) is 5.10 Å². The number of hydrogen-bond acceptors (Lipinski definition) is 4. The van der Waals surface area contributed by atoms with Gasteiger partial charge in [-0.3, -0.25) is 5.10 Å². The number of H-pyrrole nitrogens is 1. The zero-order valence-electron chi connectivity index (χ0n) is 8.58. The fourth-order valence-electron chi connectivity index (χ4n) is 1.16. The normalized spacial score (nSPS) is 11.8. The summed E-state index contributed by atoms with van der Waals surface area (Å²) >= 11 is 0. The van der Waals surface area contributed by atoms with Crippen LogP contribution in [0, 0.1) is 0 Å². The van der Waals surface area contributed by atoms with Crippen molar-refractivity contribution in [2.75, 3.05) is 0 Å². The quantitative estimate of drug-likeness (QED) is 0.763. The topological polar surface area (TPSA) is 92.7 Å². The van der Waals surface area contributed by atoms with E-state index in [2.05, 4.69) is 19.9 Å². The van der Waals surface area contributed by atoms with Crippen molar-refractivity contribution in [1.29, 1.82) is 0 Å². The van der Waals surface area contributed by atoms with Gasteiger partial charge in [0.25, 0.3) is 10.0 Å². The second kappa shape index (κ2) is 4.06. The van der Waals surface area contributed by atoms with E-state index in [1.54, 1.807) is 23.9 Å². The first-order valence-electron chi connectivity index (χ1n) is 4.54. The van der Waals surface area contributed by atoms with Gasteiger partial charge < -0.3 is 4.57 Å². The van der Waals surface area contributed by atoms with Gasteiger partial charge in [0, 0.05) is 19.4 Å². The van der Waals surface area contributed by atoms with Gasteiger partial charge in [0.05, 0.1) is 18.6 Å². The minimum absolute atomic E-state index is 0.00881. The number of nitrogens with zero attached hydrogens (tertiary/aromatic N) is 3. The molecule has 0 aromatic carbocycles. The summed E-state index contributed by atoms with van der Waals surface area (Å²) in [4.78, 5) is 3.77. The molecular formula is C8H11N5O2S. The molecule has 2 aromatic heterocycles. The molecule has 0 spiro atoms. The maximum Gasteiger partial charge on any atom is 0.259 e. The second-order valence-corrected chi connectivity index (χ2v) is 5.00. The van der Waals surface area contributed by atoms with E-state index < -0.39 is 10.0 Å². The molecule has 0 radical (unpaired) electrons. The summed E-state index contributed by atoms with van der Waals surface area (Å²) in [6, 6.07) is 1.70. The molecule has 0 aliphatic rings. The SMILES string of the molecule is Cn1cnc(S(=O)(=O)NCc2ccn[nH]2)c1. The van der Waals surface area contributed by atoms with Crippen LogP contribution in [0.25, 0.3) is 0 Å². The molecule has 16 heavy (non-hydrogen) atoms. The van der Waals surface area contributed by atoms with Gasteiger partial charge in [0.15, 0.2) is 5.03 Å². The summed E-state index contributed by atoms with van der Waals surface area (Å²) in [6.45, 7) is 0.166. The van der Waals surface area contributed by atoms with Gasteiger partial charge in [-0.05, 0) is 6.07 Å². The second-order valence-electron chi connectivity index (χ2n) is 3.28. The number of hydrogen-bond donors (Lipinski definition) is 2. The molecule has 8 heteroatoms. The Balaban J connectivity index is 2.09. The molecule has 2 aromatic rings.